The average molecular weight is 1540 g/mol. The number of nitrogens with zero attached hydrogens (tertiary/aromatic N) is 3. The maximum absolute atomic E-state index is 11.1. The van der Waals surface area contributed by atoms with Crippen LogP contribution in [0.4, 0.5) is 0 Å². The van der Waals surface area contributed by atoms with Crippen LogP contribution in [0.25, 0.3) is 0 Å². The van der Waals surface area contributed by atoms with E-state index in [0.717, 1.165) is 150 Å². The molecule has 0 aromatic carbocycles. The Balaban J connectivity index is -0.00000112. The van der Waals surface area contributed by atoms with Crippen molar-refractivity contribution in [2.24, 2.45) is 16.2 Å². The summed E-state index contributed by atoms with van der Waals surface area (Å²) in [5.74, 6) is -0.898. The molecule has 636 valence electrons. The minimum absolute atomic E-state index is 0.0451. The lowest BCUT2D eigenvalue weighted by atomic mass is 9.84. The summed E-state index contributed by atoms with van der Waals surface area (Å²) < 4.78 is 79.2. The summed E-state index contributed by atoms with van der Waals surface area (Å²) in [6.45, 7) is 42.1. The first-order chi connectivity index (χ1) is 50.5. The summed E-state index contributed by atoms with van der Waals surface area (Å²) in [6, 6.07) is 0. The highest BCUT2D eigenvalue weighted by molar-refractivity contribution is 5.76. The molecule has 7 aliphatic heterocycles. The quantitative estimate of drug-likeness (QED) is 0.0312. The number of hydrogen-bond acceptors (Lipinski definition) is 24. The van der Waals surface area contributed by atoms with Crippen molar-refractivity contribution in [2.75, 3.05) is 201 Å². The molecule has 7 fully saturated rings. The lowest BCUT2D eigenvalue weighted by Gasteiger charge is -2.40. The second kappa shape index (κ2) is 66.1. The molecule has 3 amide bonds. The summed E-state index contributed by atoms with van der Waals surface area (Å²) in [5.41, 5.74) is 0.607. The van der Waals surface area contributed by atoms with Crippen LogP contribution in [-0.2, 0) is 85.4 Å². The Kier molecular flexibility index (Phi) is 67.1. The molecule has 7 heterocycles. The van der Waals surface area contributed by atoms with E-state index in [1.807, 2.05) is 48.5 Å². The van der Waals surface area contributed by atoms with E-state index >= 15 is 0 Å². The summed E-state index contributed by atoms with van der Waals surface area (Å²) in [5, 5.41) is 52.2. The largest absolute Gasteiger partial charge is 0.396 e. The number of carbonyl (C=O) groups is 3. The van der Waals surface area contributed by atoms with Gasteiger partial charge in [-0.1, -0.05) is 121 Å². The molecule has 0 aromatic heterocycles. The number of carbonyl (C=O) groups excluding carboxylic acids is 3. The van der Waals surface area contributed by atoms with Gasteiger partial charge in [0.05, 0.1) is 151 Å². The van der Waals surface area contributed by atoms with Crippen LogP contribution in [0.3, 0.4) is 0 Å². The Morgan fingerprint density at radius 1 is 0.406 bits per heavy atom. The van der Waals surface area contributed by atoms with Gasteiger partial charge in [0.2, 0.25) is 17.7 Å². The zero-order chi connectivity index (χ0) is 80.8. The number of aliphatic hydroxyl groups is 6. The third-order valence-corrected chi connectivity index (χ3v) is 18.3. The fourth-order valence-corrected chi connectivity index (χ4v) is 9.87. The Hall–Kier alpha value is -2.43. The van der Waals surface area contributed by atoms with Crippen LogP contribution in [0.1, 0.15) is 232 Å². The van der Waals surface area contributed by atoms with Crippen LogP contribution in [0.5, 0.6) is 0 Å². The molecule has 6 atom stereocenters. The first kappa shape index (κ1) is 108. The van der Waals surface area contributed by atoms with Crippen molar-refractivity contribution in [3.8, 4) is 0 Å². The SMILES string of the molecule is CC1(C)OCC(CO)O1.CC1(CO)COC1.CCC1(CC)OCC(CO)O1.CCC1(CO)COC1.CCC1OCC(CO)O1.CCCCC1(CC)OCC(CO)O1.CCCCCCOCCC(=O)N(C)C.CCCCCOCCC(=O)N(C)C.CCCCOCCC(=O)N(C)C.CCOCC1(CC)COC1. The first-order valence-corrected chi connectivity index (χ1v) is 40.0. The van der Waals surface area contributed by atoms with Gasteiger partial charge in [0.1, 0.15) is 24.4 Å². The standard InChI is InChI=1S/C11H23NO2.C10H21NO2.C10H20O3.C9H19NO2.C8H16O3.C8H16O2.2C6H12O3.C6H12O2.C5H10O2/c1-4-5-6-7-9-14-10-8-11(13)12(2)3;1-4-5-6-8-13-9-7-10(12)11(2)3;1-3-5-6-10(4-2)12-8-9(7-11)13-10;1-4-5-7-12-8-6-9(11)10(2)3;1-3-8(4-2)10-6-7(5-9)11-8;1-3-8(5-9-4-2)6-10-7-8;1-6(2)8-4-5(3-7)9-6;1-2-6-8-4-5(3-7)9-6;1-2-6(3-7)4-8-5-6;1-5(2-6)3-7-4-5/h4-10H2,1-3H3;4-9H2,1-3H3;9,11H,3-8H2,1-2H3;4-8H2,1-3H3;7,9H,3-6H2,1-2H3;3-7H2,1-2H3;5,7H,3-4H2,1-2H3;5-7H,2-4H2,1H3;7H,2-5H2,1H3;6H,2-4H2,1H3. The molecule has 0 saturated carbocycles. The molecule has 7 saturated heterocycles. The van der Waals surface area contributed by atoms with Crippen LogP contribution in [0.15, 0.2) is 0 Å². The van der Waals surface area contributed by atoms with Crippen LogP contribution >= 0.6 is 0 Å². The van der Waals surface area contributed by atoms with Crippen molar-refractivity contribution in [3.05, 3.63) is 0 Å². The molecule has 27 heteroatoms. The summed E-state index contributed by atoms with van der Waals surface area (Å²) in [6.07, 6.45) is 20.4. The highest BCUT2D eigenvalue weighted by atomic mass is 16.8. The third-order valence-electron chi connectivity index (χ3n) is 18.3. The predicted molar refractivity (Wildman–Crippen MR) is 413 cm³/mol. The lowest BCUT2D eigenvalue weighted by Crippen LogP contribution is -2.45. The van der Waals surface area contributed by atoms with Crippen LogP contribution < -0.4 is 0 Å². The van der Waals surface area contributed by atoms with E-state index in [4.69, 9.17) is 102 Å². The lowest BCUT2D eigenvalue weighted by molar-refractivity contribution is -0.178. The van der Waals surface area contributed by atoms with Crippen molar-refractivity contribution < 1.29 is 116 Å². The van der Waals surface area contributed by atoms with Gasteiger partial charge in [-0.15, -0.1) is 0 Å². The minimum Gasteiger partial charge on any atom is -0.396 e. The first-order valence-electron chi connectivity index (χ1n) is 40.0. The van der Waals surface area contributed by atoms with E-state index in [0.29, 0.717) is 70.9 Å². The van der Waals surface area contributed by atoms with E-state index in [1.165, 1.54) is 38.5 Å². The van der Waals surface area contributed by atoms with Gasteiger partial charge >= 0.3 is 0 Å². The van der Waals surface area contributed by atoms with Crippen LogP contribution in [0.2, 0.25) is 0 Å². The minimum atomic E-state index is -0.493. The van der Waals surface area contributed by atoms with Crippen molar-refractivity contribution in [1.29, 1.82) is 0 Å². The summed E-state index contributed by atoms with van der Waals surface area (Å²) >= 11 is 0. The molecule has 6 N–H and O–H groups in total. The monoisotopic (exact) mass is 1540 g/mol. The number of rotatable bonds is 39. The fraction of sp³-hybridized carbons (Fsp3) is 0.962. The van der Waals surface area contributed by atoms with Gasteiger partial charge in [0.25, 0.3) is 0 Å². The van der Waals surface area contributed by atoms with Gasteiger partial charge in [0.15, 0.2) is 23.7 Å². The second-order valence-electron chi connectivity index (χ2n) is 29.2. The molecule has 106 heavy (non-hydrogen) atoms. The Morgan fingerprint density at radius 2 is 0.802 bits per heavy atom. The number of hydrogen-bond donors (Lipinski definition) is 6. The van der Waals surface area contributed by atoms with Gasteiger partial charge in [0, 0.05) is 91.4 Å². The molecule has 27 nitrogen and oxygen atoms in total. The van der Waals surface area contributed by atoms with Gasteiger partial charge in [-0.2, -0.15) is 0 Å². The third kappa shape index (κ3) is 52.0. The van der Waals surface area contributed by atoms with Crippen molar-refractivity contribution in [1.82, 2.24) is 14.7 Å². The zero-order valence-corrected chi connectivity index (χ0v) is 70.6. The van der Waals surface area contributed by atoms with Crippen LogP contribution in [-0.4, -0.2) is 312 Å². The van der Waals surface area contributed by atoms with Crippen molar-refractivity contribution in [3.63, 3.8) is 0 Å². The average Bonchev–Trinajstić information content (AvgIpc) is 0.988. The molecule has 0 aromatic rings. The number of amides is 3. The second-order valence-corrected chi connectivity index (χ2v) is 29.2. The van der Waals surface area contributed by atoms with E-state index in [-0.39, 0.29) is 98.9 Å². The highest BCUT2D eigenvalue weighted by Crippen LogP contribution is 2.34. The number of ether oxygens (including phenoxy) is 15. The maximum atomic E-state index is 11.1. The summed E-state index contributed by atoms with van der Waals surface area (Å²) in [7, 11) is 10.6. The topological polar surface area (TPSA) is 321 Å². The highest BCUT2D eigenvalue weighted by Gasteiger charge is 2.41. The number of unbranched alkanes of at least 4 members (excludes halogenated alkanes) is 7. The molecule has 0 aliphatic carbocycles. The van der Waals surface area contributed by atoms with E-state index in [9.17, 15) is 14.4 Å². The number of aliphatic hydroxyl groups excluding tert-OH is 6. The van der Waals surface area contributed by atoms with Crippen molar-refractivity contribution in [2.45, 2.75) is 280 Å². The smallest absolute Gasteiger partial charge is 0.224 e. The molecule has 6 unspecified atom stereocenters. The van der Waals surface area contributed by atoms with E-state index < -0.39 is 17.4 Å². The van der Waals surface area contributed by atoms with Crippen molar-refractivity contribution >= 4 is 17.7 Å². The Labute approximate surface area is 642 Å². The molecule has 0 spiro atoms. The molecule has 0 bridgehead atoms. The molecule has 0 radical (unpaired) electrons. The summed E-state index contributed by atoms with van der Waals surface area (Å²) in [4.78, 5) is 38.0. The van der Waals surface area contributed by atoms with Crippen LogP contribution in [0, 0.1) is 16.2 Å². The van der Waals surface area contributed by atoms with Gasteiger partial charge in [-0.3, -0.25) is 14.4 Å². The van der Waals surface area contributed by atoms with E-state index in [1.54, 1.807) is 57.0 Å². The normalized spacial score (nSPS) is 22.4. The van der Waals surface area contributed by atoms with Gasteiger partial charge in [-0.05, 0) is 85.0 Å². The zero-order valence-electron chi connectivity index (χ0n) is 70.6. The Morgan fingerprint density at radius 3 is 1.07 bits per heavy atom. The van der Waals surface area contributed by atoms with E-state index in [2.05, 4.69) is 48.5 Å². The van der Waals surface area contributed by atoms with Gasteiger partial charge < -0.3 is 116 Å². The molecular weight excluding hydrogens is 1370 g/mol. The fourth-order valence-electron chi connectivity index (χ4n) is 9.87. The molecular formula is C79H161N3O24. The predicted octanol–water partition coefficient (Wildman–Crippen LogP) is 9.75. The van der Waals surface area contributed by atoms with Gasteiger partial charge in [-0.25, -0.2) is 0 Å². The maximum Gasteiger partial charge on any atom is 0.224 e. The Bertz CT molecular complexity index is 1980. The molecule has 7 aliphatic rings. The molecule has 7 rings (SSSR count).